The predicted octanol–water partition coefficient (Wildman–Crippen LogP) is 3.22. The van der Waals surface area contributed by atoms with Crippen molar-refractivity contribution in [2.45, 2.75) is 25.6 Å². The minimum absolute atomic E-state index is 0.425. The second kappa shape index (κ2) is 4.53. The molecule has 1 aromatic rings. The van der Waals surface area contributed by atoms with Crippen LogP contribution in [-0.4, -0.2) is 17.4 Å². The van der Waals surface area contributed by atoms with Crippen LogP contribution in [0.5, 0.6) is 0 Å². The minimum atomic E-state index is -4.57. The van der Waals surface area contributed by atoms with Crippen LogP contribution in [0.2, 0.25) is 0 Å². The summed E-state index contributed by atoms with van der Waals surface area (Å²) in [7, 11) is 0. The number of hydrogen-bond donors (Lipinski definition) is 1. The van der Waals surface area contributed by atoms with E-state index in [0.29, 0.717) is 10.0 Å². The van der Waals surface area contributed by atoms with Crippen molar-refractivity contribution in [1.29, 1.82) is 0 Å². The van der Waals surface area contributed by atoms with E-state index < -0.39 is 18.7 Å². The quantitative estimate of drug-likeness (QED) is 0.883. The number of alkyl halides is 3. The van der Waals surface area contributed by atoms with Crippen molar-refractivity contribution in [1.82, 2.24) is 0 Å². The molecule has 0 spiro atoms. The molecule has 1 aromatic carbocycles. The average molecular weight is 283 g/mol. The van der Waals surface area contributed by atoms with Crippen molar-refractivity contribution >= 4 is 15.9 Å². The van der Waals surface area contributed by atoms with E-state index in [2.05, 4.69) is 15.9 Å². The summed E-state index contributed by atoms with van der Waals surface area (Å²) in [4.78, 5) is 0. The monoisotopic (exact) mass is 282 g/mol. The molecule has 1 rings (SSSR count). The first-order valence-corrected chi connectivity index (χ1v) is 5.10. The highest BCUT2D eigenvalue weighted by Gasteiger charge is 2.38. The smallest absolute Gasteiger partial charge is 0.383 e. The van der Waals surface area contributed by atoms with Gasteiger partial charge in [0.05, 0.1) is 0 Å². The highest BCUT2D eigenvalue weighted by Crippen LogP contribution is 2.26. The molecular weight excluding hydrogens is 273 g/mol. The van der Waals surface area contributed by atoms with Crippen molar-refractivity contribution < 1.29 is 18.3 Å². The van der Waals surface area contributed by atoms with E-state index in [4.69, 9.17) is 5.11 Å². The van der Waals surface area contributed by atoms with Gasteiger partial charge in [0.1, 0.15) is 0 Å². The van der Waals surface area contributed by atoms with E-state index in [1.165, 1.54) is 0 Å². The average Bonchev–Trinajstić information content (AvgIpc) is 2.09. The van der Waals surface area contributed by atoms with Gasteiger partial charge in [-0.05, 0) is 18.6 Å². The van der Waals surface area contributed by atoms with Crippen molar-refractivity contribution in [3.05, 3.63) is 33.8 Å². The van der Waals surface area contributed by atoms with Gasteiger partial charge in [-0.2, -0.15) is 13.2 Å². The maximum Gasteiger partial charge on any atom is 0.414 e. The zero-order chi connectivity index (χ0) is 11.6. The number of aryl methyl sites for hydroxylation is 1. The summed E-state index contributed by atoms with van der Waals surface area (Å²) >= 11 is 3.15. The van der Waals surface area contributed by atoms with E-state index >= 15 is 0 Å². The highest BCUT2D eigenvalue weighted by molar-refractivity contribution is 9.10. The molecular formula is C10H10BrF3O. The van der Waals surface area contributed by atoms with Gasteiger partial charge in [0, 0.05) is 10.9 Å². The molecule has 0 saturated carbocycles. The largest absolute Gasteiger partial charge is 0.414 e. The Hall–Kier alpha value is -0.550. The van der Waals surface area contributed by atoms with E-state index in [1.807, 2.05) is 0 Å². The fourth-order valence-electron chi connectivity index (χ4n) is 1.18. The van der Waals surface area contributed by atoms with Crippen molar-refractivity contribution in [2.75, 3.05) is 0 Å². The highest BCUT2D eigenvalue weighted by atomic mass is 79.9. The van der Waals surface area contributed by atoms with Crippen LogP contribution < -0.4 is 0 Å². The summed E-state index contributed by atoms with van der Waals surface area (Å²) < 4.78 is 36.9. The maximum absolute atomic E-state index is 12.1. The molecule has 15 heavy (non-hydrogen) atoms. The van der Waals surface area contributed by atoms with Crippen LogP contribution in [0.15, 0.2) is 22.7 Å². The lowest BCUT2D eigenvalue weighted by Gasteiger charge is -2.15. The molecule has 84 valence electrons. The van der Waals surface area contributed by atoms with E-state index in [-0.39, 0.29) is 0 Å². The molecule has 0 aliphatic heterocycles. The second-order valence-electron chi connectivity index (χ2n) is 3.36. The molecule has 0 aromatic heterocycles. The standard InChI is InChI=1S/C10H10BrF3O/c1-6-2-3-8(11)7(4-6)5-9(15)10(12,13)14/h2-4,9,15H,5H2,1H3. The van der Waals surface area contributed by atoms with Gasteiger partial charge < -0.3 is 5.11 Å². The van der Waals surface area contributed by atoms with Gasteiger partial charge in [0.2, 0.25) is 0 Å². The number of halogens is 4. The number of benzene rings is 1. The van der Waals surface area contributed by atoms with E-state index in [1.54, 1.807) is 25.1 Å². The van der Waals surface area contributed by atoms with Gasteiger partial charge in [-0.1, -0.05) is 33.6 Å². The normalized spacial score (nSPS) is 14.0. The summed E-state index contributed by atoms with van der Waals surface area (Å²) in [6, 6.07) is 5.08. The van der Waals surface area contributed by atoms with Crippen molar-refractivity contribution in [2.24, 2.45) is 0 Å². The van der Waals surface area contributed by atoms with Gasteiger partial charge in [-0.25, -0.2) is 0 Å². The van der Waals surface area contributed by atoms with Crippen LogP contribution in [0.25, 0.3) is 0 Å². The summed E-state index contributed by atoms with van der Waals surface area (Å²) in [5, 5.41) is 8.91. The first-order chi connectivity index (χ1) is 6.80. The Labute approximate surface area is 94.0 Å². The molecule has 0 aliphatic rings. The Bertz CT molecular complexity index is 349. The number of aliphatic hydroxyl groups is 1. The lowest BCUT2D eigenvalue weighted by molar-refractivity contribution is -0.203. The molecule has 0 aliphatic carbocycles. The molecule has 5 heteroatoms. The van der Waals surface area contributed by atoms with Crippen LogP contribution >= 0.6 is 15.9 Å². The van der Waals surface area contributed by atoms with Crippen LogP contribution in [0.3, 0.4) is 0 Å². The van der Waals surface area contributed by atoms with Crippen LogP contribution in [0.4, 0.5) is 13.2 Å². The fourth-order valence-corrected chi connectivity index (χ4v) is 1.59. The molecule has 0 radical (unpaired) electrons. The van der Waals surface area contributed by atoms with E-state index in [9.17, 15) is 13.2 Å². The minimum Gasteiger partial charge on any atom is -0.383 e. The van der Waals surface area contributed by atoms with Crippen molar-refractivity contribution in [3.63, 3.8) is 0 Å². The number of hydrogen-bond acceptors (Lipinski definition) is 1. The molecule has 1 unspecified atom stereocenters. The van der Waals surface area contributed by atoms with Crippen molar-refractivity contribution in [3.8, 4) is 0 Å². The summed E-state index contributed by atoms with van der Waals surface area (Å²) in [6.07, 6.45) is -7.30. The van der Waals surface area contributed by atoms with Crippen LogP contribution in [-0.2, 0) is 6.42 Å². The number of rotatable bonds is 2. The lowest BCUT2D eigenvalue weighted by atomic mass is 10.1. The summed E-state index contributed by atoms with van der Waals surface area (Å²) in [5.74, 6) is 0. The van der Waals surface area contributed by atoms with Gasteiger partial charge in [-0.15, -0.1) is 0 Å². The summed E-state index contributed by atoms with van der Waals surface area (Å²) in [5.41, 5.74) is 1.32. The molecule has 0 fully saturated rings. The molecule has 0 heterocycles. The first-order valence-electron chi connectivity index (χ1n) is 4.30. The first kappa shape index (κ1) is 12.5. The Morgan fingerprint density at radius 2 is 2.00 bits per heavy atom. The zero-order valence-electron chi connectivity index (χ0n) is 7.98. The predicted molar refractivity (Wildman–Crippen MR) is 54.6 cm³/mol. The van der Waals surface area contributed by atoms with Crippen LogP contribution in [0.1, 0.15) is 11.1 Å². The number of aliphatic hydroxyl groups excluding tert-OH is 1. The van der Waals surface area contributed by atoms with Gasteiger partial charge >= 0.3 is 6.18 Å². The summed E-state index contributed by atoms with van der Waals surface area (Å²) in [6.45, 7) is 1.79. The fraction of sp³-hybridized carbons (Fsp3) is 0.400. The molecule has 0 saturated heterocycles. The van der Waals surface area contributed by atoms with Crippen LogP contribution in [0, 0.1) is 6.92 Å². The third-order valence-corrected chi connectivity index (χ3v) is 2.77. The molecule has 0 amide bonds. The SMILES string of the molecule is Cc1ccc(Br)c(CC(O)C(F)(F)F)c1. The van der Waals surface area contributed by atoms with Gasteiger partial charge in [-0.3, -0.25) is 0 Å². The van der Waals surface area contributed by atoms with Gasteiger partial charge in [0.25, 0.3) is 0 Å². The lowest BCUT2D eigenvalue weighted by Crippen LogP contribution is -2.30. The van der Waals surface area contributed by atoms with E-state index in [0.717, 1.165) is 5.56 Å². The Morgan fingerprint density at radius 3 is 2.53 bits per heavy atom. The third kappa shape index (κ3) is 3.50. The topological polar surface area (TPSA) is 20.2 Å². The van der Waals surface area contributed by atoms with Gasteiger partial charge in [0.15, 0.2) is 6.10 Å². The Morgan fingerprint density at radius 1 is 1.40 bits per heavy atom. The third-order valence-electron chi connectivity index (χ3n) is 1.99. The Kier molecular flexibility index (Phi) is 3.78. The zero-order valence-corrected chi connectivity index (χ0v) is 9.56. The molecule has 1 nitrogen and oxygen atoms in total. The second-order valence-corrected chi connectivity index (χ2v) is 4.21. The maximum atomic E-state index is 12.1. The molecule has 0 bridgehead atoms. The Balaban J connectivity index is 2.85. The molecule has 1 atom stereocenters. The molecule has 1 N–H and O–H groups in total.